The molecular weight excluding hydrogens is 212 g/mol. The number of thioether (sulfide) groups is 1. The second-order valence-electron chi connectivity index (χ2n) is 4.20. The van der Waals surface area contributed by atoms with Crippen molar-refractivity contribution < 1.29 is 9.90 Å². The number of aliphatic carboxylic acids is 1. The molecule has 0 aliphatic heterocycles. The van der Waals surface area contributed by atoms with Crippen molar-refractivity contribution in [3.63, 3.8) is 0 Å². The van der Waals surface area contributed by atoms with Gasteiger partial charge < -0.3 is 9.67 Å². The summed E-state index contributed by atoms with van der Waals surface area (Å²) in [6.07, 6.45) is 4.13. The van der Waals surface area contributed by atoms with Crippen molar-refractivity contribution in [3.8, 4) is 0 Å². The zero-order valence-electron chi connectivity index (χ0n) is 8.86. The molecule has 4 nitrogen and oxygen atoms in total. The van der Waals surface area contributed by atoms with Gasteiger partial charge in [0.25, 0.3) is 0 Å². The van der Waals surface area contributed by atoms with E-state index in [1.165, 1.54) is 11.8 Å². The van der Waals surface area contributed by atoms with Gasteiger partial charge in [-0.05, 0) is 26.7 Å². The van der Waals surface area contributed by atoms with E-state index in [4.69, 9.17) is 5.11 Å². The van der Waals surface area contributed by atoms with Crippen LogP contribution in [0.15, 0.2) is 11.4 Å². The van der Waals surface area contributed by atoms with Gasteiger partial charge in [0, 0.05) is 17.4 Å². The highest BCUT2D eigenvalue weighted by Crippen LogP contribution is 2.45. The van der Waals surface area contributed by atoms with Crippen LogP contribution in [0.1, 0.15) is 25.5 Å². The number of hydrogen-bond donors (Lipinski definition) is 1. The van der Waals surface area contributed by atoms with Crippen LogP contribution in [0, 0.1) is 6.92 Å². The number of carboxylic acid groups (broad SMARTS) is 1. The van der Waals surface area contributed by atoms with E-state index >= 15 is 0 Å². The summed E-state index contributed by atoms with van der Waals surface area (Å²) in [5.41, 5.74) is 1.30. The number of nitrogens with zero attached hydrogens (tertiary/aromatic N) is 2. The third-order valence-corrected chi connectivity index (χ3v) is 3.68. The third-order valence-electron chi connectivity index (χ3n) is 2.74. The van der Waals surface area contributed by atoms with Crippen LogP contribution in [0.5, 0.6) is 0 Å². The van der Waals surface area contributed by atoms with E-state index < -0.39 is 5.97 Å². The lowest BCUT2D eigenvalue weighted by molar-refractivity contribution is -0.133. The van der Waals surface area contributed by atoms with Crippen molar-refractivity contribution in [2.45, 2.75) is 37.4 Å². The SMILES string of the molecule is Cc1cnc(SCC(=O)O)n1C1(C)CC1. The number of carboxylic acids is 1. The number of imidazole rings is 1. The Balaban J connectivity index is 2.20. The first kappa shape index (κ1) is 10.5. The molecule has 5 heteroatoms. The van der Waals surface area contributed by atoms with E-state index in [1.54, 1.807) is 0 Å². The maximum Gasteiger partial charge on any atom is 0.313 e. The van der Waals surface area contributed by atoms with Crippen molar-refractivity contribution in [1.29, 1.82) is 0 Å². The molecule has 1 fully saturated rings. The Morgan fingerprint density at radius 3 is 2.93 bits per heavy atom. The van der Waals surface area contributed by atoms with E-state index in [0.717, 1.165) is 23.7 Å². The van der Waals surface area contributed by atoms with Crippen LogP contribution < -0.4 is 0 Å². The third kappa shape index (κ3) is 2.02. The van der Waals surface area contributed by atoms with E-state index in [9.17, 15) is 4.79 Å². The summed E-state index contributed by atoms with van der Waals surface area (Å²) in [4.78, 5) is 14.8. The van der Waals surface area contributed by atoms with E-state index in [1.807, 2.05) is 13.1 Å². The van der Waals surface area contributed by atoms with Crippen LogP contribution in [-0.4, -0.2) is 26.4 Å². The highest BCUT2D eigenvalue weighted by molar-refractivity contribution is 7.99. The zero-order valence-corrected chi connectivity index (χ0v) is 9.67. The Morgan fingerprint density at radius 2 is 2.40 bits per heavy atom. The predicted octanol–water partition coefficient (Wildman–Crippen LogP) is 1.88. The van der Waals surface area contributed by atoms with Crippen molar-refractivity contribution in [3.05, 3.63) is 11.9 Å². The topological polar surface area (TPSA) is 55.1 Å². The highest BCUT2D eigenvalue weighted by Gasteiger charge is 2.41. The molecule has 0 bridgehead atoms. The maximum atomic E-state index is 10.5. The minimum absolute atomic E-state index is 0.0759. The first-order valence-corrected chi connectivity index (χ1v) is 5.91. The monoisotopic (exact) mass is 226 g/mol. The number of aromatic nitrogens is 2. The molecule has 2 rings (SSSR count). The van der Waals surface area contributed by atoms with Gasteiger partial charge in [0.2, 0.25) is 0 Å². The van der Waals surface area contributed by atoms with Gasteiger partial charge in [0.05, 0.1) is 5.75 Å². The number of carbonyl (C=O) groups is 1. The molecule has 1 saturated carbocycles. The molecule has 1 aliphatic rings. The number of aryl methyl sites for hydroxylation is 1. The Hall–Kier alpha value is -0.970. The second kappa shape index (κ2) is 3.56. The molecule has 0 radical (unpaired) electrons. The zero-order chi connectivity index (χ0) is 11.1. The minimum atomic E-state index is -0.798. The van der Waals surface area contributed by atoms with Gasteiger partial charge in [-0.3, -0.25) is 4.79 Å². The lowest BCUT2D eigenvalue weighted by Gasteiger charge is -2.16. The lowest BCUT2D eigenvalue weighted by Crippen LogP contribution is -2.15. The summed E-state index contributed by atoms with van der Waals surface area (Å²) in [6.45, 7) is 4.20. The molecule has 0 amide bonds. The van der Waals surface area contributed by atoms with E-state index in [2.05, 4.69) is 16.5 Å². The molecule has 0 unspecified atom stereocenters. The number of hydrogen-bond acceptors (Lipinski definition) is 3. The van der Waals surface area contributed by atoms with Crippen LogP contribution >= 0.6 is 11.8 Å². The van der Waals surface area contributed by atoms with Gasteiger partial charge in [0.15, 0.2) is 5.16 Å². The van der Waals surface area contributed by atoms with E-state index in [-0.39, 0.29) is 11.3 Å². The summed E-state index contributed by atoms with van der Waals surface area (Å²) < 4.78 is 2.17. The summed E-state index contributed by atoms with van der Waals surface area (Å²) >= 11 is 1.30. The van der Waals surface area contributed by atoms with Crippen LogP contribution in [0.4, 0.5) is 0 Å². The summed E-state index contributed by atoms with van der Waals surface area (Å²) in [5, 5.41) is 9.46. The normalized spacial score (nSPS) is 17.7. The predicted molar refractivity (Wildman–Crippen MR) is 58.2 cm³/mol. The second-order valence-corrected chi connectivity index (χ2v) is 5.14. The molecule has 1 aromatic heterocycles. The van der Waals surface area contributed by atoms with Crippen molar-refractivity contribution in [1.82, 2.24) is 9.55 Å². The van der Waals surface area contributed by atoms with Gasteiger partial charge in [-0.25, -0.2) is 4.98 Å². The summed E-state index contributed by atoms with van der Waals surface area (Å²) in [7, 11) is 0. The largest absolute Gasteiger partial charge is 0.481 e. The molecule has 82 valence electrons. The van der Waals surface area contributed by atoms with Crippen LogP contribution in [0.2, 0.25) is 0 Å². The summed E-state index contributed by atoms with van der Waals surface area (Å²) in [6, 6.07) is 0. The van der Waals surface area contributed by atoms with Crippen LogP contribution in [0.3, 0.4) is 0 Å². The lowest BCUT2D eigenvalue weighted by atomic mass is 10.3. The van der Waals surface area contributed by atoms with Crippen molar-refractivity contribution in [2.75, 3.05) is 5.75 Å². The average Bonchev–Trinajstić information content (AvgIpc) is 2.76. The Bertz CT molecular complexity index is 396. The fourth-order valence-corrected chi connectivity index (χ4v) is 2.58. The molecule has 0 spiro atoms. The van der Waals surface area contributed by atoms with Crippen molar-refractivity contribution >= 4 is 17.7 Å². The minimum Gasteiger partial charge on any atom is -0.481 e. The Labute approximate surface area is 92.7 Å². The molecule has 1 aromatic rings. The highest BCUT2D eigenvalue weighted by atomic mass is 32.2. The standard InChI is InChI=1S/C10H14N2O2S/c1-7-5-11-9(15-6-8(13)14)12(7)10(2)3-4-10/h5H,3-4,6H2,1-2H3,(H,13,14). The fraction of sp³-hybridized carbons (Fsp3) is 0.600. The van der Waals surface area contributed by atoms with Crippen LogP contribution in [0.25, 0.3) is 0 Å². The molecule has 0 atom stereocenters. The van der Waals surface area contributed by atoms with E-state index in [0.29, 0.717) is 0 Å². The fourth-order valence-electron chi connectivity index (χ4n) is 1.70. The van der Waals surface area contributed by atoms with Gasteiger partial charge in [0.1, 0.15) is 0 Å². The van der Waals surface area contributed by atoms with Crippen LogP contribution in [-0.2, 0) is 10.3 Å². The molecule has 0 saturated heterocycles. The number of rotatable bonds is 4. The summed E-state index contributed by atoms with van der Waals surface area (Å²) in [5.74, 6) is -0.722. The van der Waals surface area contributed by atoms with Gasteiger partial charge in [-0.15, -0.1) is 0 Å². The average molecular weight is 226 g/mol. The Kier molecular flexibility index (Phi) is 2.50. The molecule has 15 heavy (non-hydrogen) atoms. The van der Waals surface area contributed by atoms with Gasteiger partial charge in [-0.1, -0.05) is 11.8 Å². The van der Waals surface area contributed by atoms with Gasteiger partial charge in [-0.2, -0.15) is 0 Å². The maximum absolute atomic E-state index is 10.5. The smallest absolute Gasteiger partial charge is 0.313 e. The quantitative estimate of drug-likeness (QED) is 0.796. The first-order chi connectivity index (χ1) is 7.03. The molecule has 0 aromatic carbocycles. The molecule has 1 N–H and O–H groups in total. The van der Waals surface area contributed by atoms with Gasteiger partial charge >= 0.3 is 5.97 Å². The first-order valence-electron chi connectivity index (χ1n) is 4.92. The van der Waals surface area contributed by atoms with Crippen molar-refractivity contribution in [2.24, 2.45) is 0 Å². The molecular formula is C10H14N2O2S. The molecule has 1 aliphatic carbocycles. The Morgan fingerprint density at radius 1 is 1.73 bits per heavy atom. The molecule has 1 heterocycles.